The second-order valence-corrected chi connectivity index (χ2v) is 3.82. The number of likely N-dealkylation sites (N-methyl/N-ethyl adjacent to an activating group) is 1. The molecule has 1 rings (SSSR count). The summed E-state index contributed by atoms with van der Waals surface area (Å²) >= 11 is 0. The third-order valence-corrected chi connectivity index (χ3v) is 2.63. The van der Waals surface area contributed by atoms with Crippen LogP contribution < -0.4 is 11.1 Å². The van der Waals surface area contributed by atoms with Crippen LogP contribution in [0.2, 0.25) is 0 Å². The largest absolute Gasteiger partial charge is 0.368 e. The normalized spacial score (nSPS) is 12.6. The maximum atomic E-state index is 11.0. The molecule has 1 aromatic heterocycles. The van der Waals surface area contributed by atoms with Crippen LogP contribution in [0.1, 0.15) is 25.6 Å². The van der Waals surface area contributed by atoms with E-state index in [1.165, 1.54) is 0 Å². The lowest BCUT2D eigenvalue weighted by Crippen LogP contribution is -2.39. The van der Waals surface area contributed by atoms with E-state index in [4.69, 9.17) is 5.73 Å². The van der Waals surface area contributed by atoms with Crippen molar-refractivity contribution in [1.29, 1.82) is 0 Å². The zero-order valence-corrected chi connectivity index (χ0v) is 9.94. The van der Waals surface area contributed by atoms with Gasteiger partial charge in [0.15, 0.2) is 0 Å². The molecule has 0 aliphatic rings. The third-order valence-electron chi connectivity index (χ3n) is 2.63. The van der Waals surface area contributed by atoms with Crippen molar-refractivity contribution >= 4 is 5.91 Å². The number of hydrogen-bond acceptors (Lipinski definition) is 3. The number of carbonyl (C=O) groups excluding carboxylic acids is 1. The SMILES string of the molecule is CCCc1nccn1CCC(NC)C(N)=O. The van der Waals surface area contributed by atoms with E-state index < -0.39 is 0 Å². The van der Waals surface area contributed by atoms with Gasteiger partial charge in [-0.25, -0.2) is 4.98 Å². The number of primary amides is 1. The summed E-state index contributed by atoms with van der Waals surface area (Å²) in [5.41, 5.74) is 5.26. The lowest BCUT2D eigenvalue weighted by Gasteiger charge is -2.13. The Balaban J connectivity index is 2.52. The molecule has 0 aliphatic heterocycles. The number of carbonyl (C=O) groups is 1. The van der Waals surface area contributed by atoms with Gasteiger partial charge in [-0.3, -0.25) is 4.79 Å². The van der Waals surface area contributed by atoms with Gasteiger partial charge < -0.3 is 15.6 Å². The van der Waals surface area contributed by atoms with Crippen LogP contribution in [0.3, 0.4) is 0 Å². The van der Waals surface area contributed by atoms with E-state index in [-0.39, 0.29) is 11.9 Å². The smallest absolute Gasteiger partial charge is 0.234 e. The van der Waals surface area contributed by atoms with Crippen molar-refractivity contribution in [3.63, 3.8) is 0 Å². The molecule has 0 saturated heterocycles. The fourth-order valence-electron chi connectivity index (χ4n) is 1.69. The molecule has 1 atom stereocenters. The summed E-state index contributed by atoms with van der Waals surface area (Å²) in [5, 5.41) is 2.91. The summed E-state index contributed by atoms with van der Waals surface area (Å²) in [6.07, 6.45) is 6.47. The summed E-state index contributed by atoms with van der Waals surface area (Å²) in [7, 11) is 1.75. The van der Waals surface area contributed by atoms with E-state index in [1.54, 1.807) is 13.2 Å². The van der Waals surface area contributed by atoms with Gasteiger partial charge in [-0.05, 0) is 19.9 Å². The molecule has 3 N–H and O–H groups in total. The number of amides is 1. The van der Waals surface area contributed by atoms with Crippen LogP contribution in [0.15, 0.2) is 12.4 Å². The van der Waals surface area contributed by atoms with Crippen molar-refractivity contribution in [1.82, 2.24) is 14.9 Å². The second kappa shape index (κ2) is 6.27. The molecule has 0 fully saturated rings. The molecule has 1 aromatic rings. The Labute approximate surface area is 96.0 Å². The molecule has 1 unspecified atom stereocenters. The van der Waals surface area contributed by atoms with Crippen LogP contribution in [0, 0.1) is 0 Å². The van der Waals surface area contributed by atoms with Gasteiger partial charge >= 0.3 is 0 Å². The lowest BCUT2D eigenvalue weighted by molar-refractivity contribution is -0.120. The molecule has 1 amide bonds. The number of aromatic nitrogens is 2. The summed E-state index contributed by atoms with van der Waals surface area (Å²) in [6, 6.07) is -0.267. The van der Waals surface area contributed by atoms with Crippen molar-refractivity contribution < 1.29 is 4.79 Å². The van der Waals surface area contributed by atoms with Gasteiger partial charge in [0, 0.05) is 25.4 Å². The predicted molar refractivity (Wildman–Crippen MR) is 62.9 cm³/mol. The second-order valence-electron chi connectivity index (χ2n) is 3.82. The molecular formula is C11H20N4O. The van der Waals surface area contributed by atoms with Gasteiger partial charge in [0.25, 0.3) is 0 Å². The first kappa shape index (κ1) is 12.7. The van der Waals surface area contributed by atoms with Gasteiger partial charge in [-0.1, -0.05) is 6.92 Å². The van der Waals surface area contributed by atoms with E-state index in [0.717, 1.165) is 25.2 Å². The Morgan fingerprint density at radius 3 is 3.00 bits per heavy atom. The first-order chi connectivity index (χ1) is 7.69. The fraction of sp³-hybridized carbons (Fsp3) is 0.636. The van der Waals surface area contributed by atoms with Gasteiger partial charge in [-0.15, -0.1) is 0 Å². The first-order valence-corrected chi connectivity index (χ1v) is 5.65. The van der Waals surface area contributed by atoms with Crippen LogP contribution in [-0.2, 0) is 17.8 Å². The third kappa shape index (κ3) is 3.34. The maximum Gasteiger partial charge on any atom is 0.234 e. The van der Waals surface area contributed by atoms with Crippen LogP contribution >= 0.6 is 0 Å². The number of imidazole rings is 1. The highest BCUT2D eigenvalue weighted by molar-refractivity contribution is 5.79. The highest BCUT2D eigenvalue weighted by atomic mass is 16.1. The Kier molecular flexibility index (Phi) is 4.98. The first-order valence-electron chi connectivity index (χ1n) is 5.65. The van der Waals surface area contributed by atoms with E-state index in [2.05, 4.69) is 21.8 Å². The predicted octanol–water partition coefficient (Wildman–Crippen LogP) is 0.299. The number of aryl methyl sites for hydroxylation is 2. The van der Waals surface area contributed by atoms with Gasteiger partial charge in [0.2, 0.25) is 5.91 Å². The van der Waals surface area contributed by atoms with E-state index in [1.807, 2.05) is 6.20 Å². The van der Waals surface area contributed by atoms with E-state index in [0.29, 0.717) is 6.42 Å². The average molecular weight is 224 g/mol. The minimum Gasteiger partial charge on any atom is -0.368 e. The molecule has 0 aliphatic carbocycles. The van der Waals surface area contributed by atoms with Crippen LogP contribution in [0.4, 0.5) is 0 Å². The number of nitrogens with two attached hydrogens (primary N) is 1. The summed E-state index contributed by atoms with van der Waals surface area (Å²) in [5.74, 6) is 0.765. The molecule has 0 bridgehead atoms. The lowest BCUT2D eigenvalue weighted by atomic mass is 10.2. The Hall–Kier alpha value is -1.36. The van der Waals surface area contributed by atoms with Crippen molar-refractivity contribution in [3.05, 3.63) is 18.2 Å². The molecule has 0 aromatic carbocycles. The van der Waals surface area contributed by atoms with Crippen LogP contribution in [0.25, 0.3) is 0 Å². The number of rotatable bonds is 7. The molecule has 0 saturated carbocycles. The monoisotopic (exact) mass is 224 g/mol. The highest BCUT2D eigenvalue weighted by Crippen LogP contribution is 2.04. The average Bonchev–Trinajstić information content (AvgIpc) is 2.67. The van der Waals surface area contributed by atoms with Crippen molar-refractivity contribution in [2.24, 2.45) is 5.73 Å². The quantitative estimate of drug-likeness (QED) is 0.699. The molecule has 5 nitrogen and oxygen atoms in total. The minimum absolute atomic E-state index is 0.267. The minimum atomic E-state index is -0.306. The van der Waals surface area contributed by atoms with Gasteiger partial charge in [0.05, 0.1) is 6.04 Å². The summed E-state index contributed by atoms with van der Waals surface area (Å²) in [4.78, 5) is 15.3. The van der Waals surface area contributed by atoms with Crippen molar-refractivity contribution in [2.45, 2.75) is 38.8 Å². The fourth-order valence-corrected chi connectivity index (χ4v) is 1.69. The Bertz CT molecular complexity index is 334. The maximum absolute atomic E-state index is 11.0. The van der Waals surface area contributed by atoms with Crippen LogP contribution in [-0.4, -0.2) is 28.5 Å². The zero-order chi connectivity index (χ0) is 12.0. The zero-order valence-electron chi connectivity index (χ0n) is 9.94. The van der Waals surface area contributed by atoms with Crippen molar-refractivity contribution in [3.8, 4) is 0 Å². The van der Waals surface area contributed by atoms with E-state index >= 15 is 0 Å². The topological polar surface area (TPSA) is 72.9 Å². The summed E-state index contributed by atoms with van der Waals surface area (Å²) in [6.45, 7) is 2.89. The summed E-state index contributed by atoms with van der Waals surface area (Å²) < 4.78 is 2.08. The molecular weight excluding hydrogens is 204 g/mol. The molecule has 0 spiro atoms. The molecule has 16 heavy (non-hydrogen) atoms. The number of nitrogens with zero attached hydrogens (tertiary/aromatic N) is 2. The van der Waals surface area contributed by atoms with Gasteiger partial charge in [-0.2, -0.15) is 0 Å². The highest BCUT2D eigenvalue weighted by Gasteiger charge is 2.12. The Morgan fingerprint density at radius 2 is 2.44 bits per heavy atom. The molecule has 0 radical (unpaired) electrons. The Morgan fingerprint density at radius 1 is 1.69 bits per heavy atom. The number of hydrogen-bond donors (Lipinski definition) is 2. The molecule has 5 heteroatoms. The molecule has 1 heterocycles. The van der Waals surface area contributed by atoms with Crippen molar-refractivity contribution in [2.75, 3.05) is 7.05 Å². The van der Waals surface area contributed by atoms with E-state index in [9.17, 15) is 4.79 Å². The van der Waals surface area contributed by atoms with Crippen LogP contribution in [0.5, 0.6) is 0 Å². The standard InChI is InChI=1S/C11H20N4O/c1-3-4-10-14-6-8-15(10)7-5-9(13-2)11(12)16/h6,8-9,13H,3-5,7H2,1-2H3,(H2,12,16). The van der Waals surface area contributed by atoms with Gasteiger partial charge in [0.1, 0.15) is 5.82 Å². The molecule has 90 valence electrons. The number of nitrogens with one attached hydrogen (secondary N) is 1.